The maximum Gasteiger partial charge on any atom is 0.00797 e. The van der Waals surface area contributed by atoms with Crippen LogP contribution in [0.1, 0.15) is 72.1 Å². The third-order valence-corrected chi connectivity index (χ3v) is 5.70. The molecule has 2 fully saturated rings. The van der Waals surface area contributed by atoms with Crippen LogP contribution in [0.2, 0.25) is 0 Å². The van der Waals surface area contributed by atoms with Crippen molar-refractivity contribution in [3.8, 4) is 0 Å². The van der Waals surface area contributed by atoms with Crippen molar-refractivity contribution in [3.63, 3.8) is 0 Å². The predicted molar refractivity (Wildman–Crippen MR) is 87.8 cm³/mol. The van der Waals surface area contributed by atoms with Crippen LogP contribution >= 0.6 is 0 Å². The summed E-state index contributed by atoms with van der Waals surface area (Å²) < 4.78 is 0. The summed E-state index contributed by atoms with van der Waals surface area (Å²) in [7, 11) is 0. The van der Waals surface area contributed by atoms with Gasteiger partial charge in [0.2, 0.25) is 0 Å². The van der Waals surface area contributed by atoms with Crippen molar-refractivity contribution < 1.29 is 0 Å². The van der Waals surface area contributed by atoms with Crippen molar-refractivity contribution >= 4 is 0 Å². The summed E-state index contributed by atoms with van der Waals surface area (Å²) in [6.07, 6.45) is 10.9. The van der Waals surface area contributed by atoms with Crippen LogP contribution in [0.25, 0.3) is 0 Å². The van der Waals surface area contributed by atoms with Crippen molar-refractivity contribution in [2.45, 2.75) is 78.2 Å². The molecule has 20 heavy (non-hydrogen) atoms. The Bertz CT molecular complexity index is 287. The monoisotopic (exact) mass is 280 g/mol. The van der Waals surface area contributed by atoms with Gasteiger partial charge < -0.3 is 10.6 Å². The van der Waals surface area contributed by atoms with Gasteiger partial charge in [0, 0.05) is 12.6 Å². The third-order valence-electron chi connectivity index (χ3n) is 5.70. The molecule has 1 heterocycles. The van der Waals surface area contributed by atoms with E-state index in [0.29, 0.717) is 11.5 Å². The molecule has 0 bridgehead atoms. The summed E-state index contributed by atoms with van der Waals surface area (Å²) in [6, 6.07) is 0.442. The van der Waals surface area contributed by atoms with Gasteiger partial charge in [0.15, 0.2) is 0 Å². The average Bonchev–Trinajstić information content (AvgIpc) is 2.60. The summed E-state index contributed by atoms with van der Waals surface area (Å²) in [6.45, 7) is 11.0. The molecule has 3 unspecified atom stereocenters. The Morgan fingerprint density at radius 2 is 1.95 bits per heavy atom. The summed E-state index contributed by atoms with van der Waals surface area (Å²) in [5, 5.41) is 0. The summed E-state index contributed by atoms with van der Waals surface area (Å²) in [5.41, 5.74) is 6.92. The van der Waals surface area contributed by atoms with Gasteiger partial charge in [-0.25, -0.2) is 0 Å². The molecule has 118 valence electrons. The van der Waals surface area contributed by atoms with E-state index in [1.807, 2.05) is 0 Å². The standard InChI is InChI=1S/C18H36N2/c1-4-6-15-7-5-11-20(12-9-15)14-16-13-18(2,3)10-8-17(16)19/h15-17H,4-14,19H2,1-3H3. The van der Waals surface area contributed by atoms with Crippen LogP contribution in [-0.4, -0.2) is 30.6 Å². The van der Waals surface area contributed by atoms with Crippen LogP contribution in [0.5, 0.6) is 0 Å². The Kier molecular flexibility index (Phi) is 5.92. The van der Waals surface area contributed by atoms with Crippen molar-refractivity contribution in [1.29, 1.82) is 0 Å². The van der Waals surface area contributed by atoms with Gasteiger partial charge >= 0.3 is 0 Å². The van der Waals surface area contributed by atoms with E-state index in [1.165, 1.54) is 71.0 Å². The van der Waals surface area contributed by atoms with Crippen molar-refractivity contribution in [3.05, 3.63) is 0 Å². The molecule has 2 heteroatoms. The van der Waals surface area contributed by atoms with Crippen LogP contribution in [0.4, 0.5) is 0 Å². The highest BCUT2D eigenvalue weighted by atomic mass is 15.1. The highest BCUT2D eigenvalue weighted by Crippen LogP contribution is 2.38. The molecule has 1 aliphatic carbocycles. The SMILES string of the molecule is CCCC1CCCN(CC2CC(C)(C)CCC2N)CC1. The molecular formula is C18H36N2. The Morgan fingerprint density at radius 3 is 2.70 bits per heavy atom. The minimum Gasteiger partial charge on any atom is -0.327 e. The minimum atomic E-state index is 0.442. The molecule has 0 amide bonds. The lowest BCUT2D eigenvalue weighted by Gasteiger charge is -2.41. The largest absolute Gasteiger partial charge is 0.327 e. The highest BCUT2D eigenvalue weighted by molar-refractivity contribution is 4.89. The van der Waals surface area contributed by atoms with Crippen LogP contribution in [0.15, 0.2) is 0 Å². The molecule has 0 aromatic carbocycles. The second-order valence-corrected chi connectivity index (χ2v) is 8.22. The molecular weight excluding hydrogens is 244 g/mol. The van der Waals surface area contributed by atoms with Gasteiger partial charge in [0.1, 0.15) is 0 Å². The molecule has 1 saturated heterocycles. The lowest BCUT2D eigenvalue weighted by atomic mass is 9.70. The normalized spacial score (nSPS) is 35.7. The molecule has 3 atom stereocenters. The Morgan fingerprint density at radius 1 is 1.15 bits per heavy atom. The first-order valence-corrected chi connectivity index (χ1v) is 8.98. The predicted octanol–water partition coefficient (Wildman–Crippen LogP) is 4.04. The third kappa shape index (κ3) is 4.73. The number of hydrogen-bond acceptors (Lipinski definition) is 2. The first-order chi connectivity index (χ1) is 9.50. The smallest absolute Gasteiger partial charge is 0.00797 e. The number of hydrogen-bond donors (Lipinski definition) is 1. The summed E-state index contributed by atoms with van der Waals surface area (Å²) >= 11 is 0. The number of nitrogens with two attached hydrogens (primary N) is 1. The lowest BCUT2D eigenvalue weighted by molar-refractivity contribution is 0.115. The molecule has 2 nitrogen and oxygen atoms in total. The zero-order valence-electron chi connectivity index (χ0n) is 14.0. The van der Waals surface area contributed by atoms with E-state index in [9.17, 15) is 0 Å². The Balaban J connectivity index is 1.83. The molecule has 1 aliphatic heterocycles. The van der Waals surface area contributed by atoms with Gasteiger partial charge in [-0.2, -0.15) is 0 Å². The van der Waals surface area contributed by atoms with Crippen LogP contribution in [0.3, 0.4) is 0 Å². The van der Waals surface area contributed by atoms with Crippen LogP contribution < -0.4 is 5.73 Å². The van der Waals surface area contributed by atoms with Gasteiger partial charge in [-0.3, -0.25) is 0 Å². The molecule has 2 N–H and O–H groups in total. The second-order valence-electron chi connectivity index (χ2n) is 8.22. The second kappa shape index (κ2) is 7.26. The highest BCUT2D eigenvalue weighted by Gasteiger charge is 2.34. The fraction of sp³-hybridized carbons (Fsp3) is 1.00. The first-order valence-electron chi connectivity index (χ1n) is 8.98. The average molecular weight is 281 g/mol. The van der Waals surface area contributed by atoms with Gasteiger partial charge in [0.05, 0.1) is 0 Å². The quantitative estimate of drug-likeness (QED) is 0.842. The van der Waals surface area contributed by atoms with E-state index in [1.54, 1.807) is 0 Å². The van der Waals surface area contributed by atoms with E-state index in [0.717, 1.165) is 11.8 Å². The number of rotatable bonds is 4. The van der Waals surface area contributed by atoms with Crippen LogP contribution in [0, 0.1) is 17.3 Å². The summed E-state index contributed by atoms with van der Waals surface area (Å²) in [4.78, 5) is 2.72. The molecule has 0 spiro atoms. The molecule has 0 aromatic rings. The van der Waals surface area contributed by atoms with E-state index in [4.69, 9.17) is 5.73 Å². The lowest BCUT2D eigenvalue weighted by Crippen LogP contribution is -2.45. The zero-order valence-corrected chi connectivity index (χ0v) is 14.0. The fourth-order valence-corrected chi connectivity index (χ4v) is 4.39. The maximum atomic E-state index is 6.40. The van der Waals surface area contributed by atoms with E-state index in [-0.39, 0.29) is 0 Å². The van der Waals surface area contributed by atoms with Crippen molar-refractivity contribution in [1.82, 2.24) is 4.90 Å². The van der Waals surface area contributed by atoms with Gasteiger partial charge in [-0.1, -0.05) is 33.6 Å². The number of likely N-dealkylation sites (tertiary alicyclic amines) is 1. The Labute approximate surface area is 126 Å². The molecule has 0 radical (unpaired) electrons. The van der Waals surface area contributed by atoms with Gasteiger partial charge in [0.25, 0.3) is 0 Å². The maximum absolute atomic E-state index is 6.40. The minimum absolute atomic E-state index is 0.442. The molecule has 2 rings (SSSR count). The van der Waals surface area contributed by atoms with E-state index < -0.39 is 0 Å². The number of nitrogens with zero attached hydrogens (tertiary/aromatic N) is 1. The van der Waals surface area contributed by atoms with Crippen LogP contribution in [-0.2, 0) is 0 Å². The molecule has 2 aliphatic rings. The van der Waals surface area contributed by atoms with Crippen molar-refractivity contribution in [2.75, 3.05) is 19.6 Å². The summed E-state index contributed by atoms with van der Waals surface area (Å²) in [5.74, 6) is 1.71. The Hall–Kier alpha value is -0.0800. The zero-order chi connectivity index (χ0) is 14.6. The van der Waals surface area contributed by atoms with Crippen molar-refractivity contribution in [2.24, 2.45) is 23.0 Å². The molecule has 0 aromatic heterocycles. The van der Waals surface area contributed by atoms with E-state index >= 15 is 0 Å². The topological polar surface area (TPSA) is 29.3 Å². The van der Waals surface area contributed by atoms with E-state index in [2.05, 4.69) is 25.7 Å². The van der Waals surface area contributed by atoms with Gasteiger partial charge in [-0.05, 0) is 68.9 Å². The van der Waals surface area contributed by atoms with Gasteiger partial charge in [-0.15, -0.1) is 0 Å². The molecule has 1 saturated carbocycles. The first kappa shape index (κ1) is 16.3. The fourth-order valence-electron chi connectivity index (χ4n) is 4.39.